The maximum Gasteiger partial charge on any atom is 0.274 e. The van der Waals surface area contributed by atoms with Crippen molar-refractivity contribution in [1.82, 2.24) is 19.9 Å². The van der Waals surface area contributed by atoms with E-state index in [1.165, 1.54) is 17.4 Å². The molecule has 1 atom stereocenters. The van der Waals surface area contributed by atoms with Crippen LogP contribution in [0.4, 0.5) is 10.3 Å². The third-order valence-corrected chi connectivity index (χ3v) is 6.80. The first-order valence-corrected chi connectivity index (χ1v) is 11.9. The molecule has 1 fully saturated rings. The number of nitrogens with one attached hydrogen (secondary N) is 1. The van der Waals surface area contributed by atoms with Crippen LogP contribution in [0.2, 0.25) is 0 Å². The maximum atomic E-state index is 13.6. The number of rotatable bonds is 7. The molecule has 1 aromatic carbocycles. The number of nitrogens with zero attached hydrogens (tertiary/aromatic N) is 4. The summed E-state index contributed by atoms with van der Waals surface area (Å²) < 4.78 is 14.3. The first-order valence-electron chi connectivity index (χ1n) is 11.0. The summed E-state index contributed by atoms with van der Waals surface area (Å²) in [5, 5.41) is 5.02. The smallest absolute Gasteiger partial charge is 0.274 e. The molecule has 0 bridgehead atoms. The number of benzene rings is 1. The fourth-order valence-electron chi connectivity index (χ4n) is 4.03. The average molecular weight is 476 g/mol. The van der Waals surface area contributed by atoms with E-state index in [4.69, 9.17) is 0 Å². The van der Waals surface area contributed by atoms with Gasteiger partial charge in [0.05, 0.1) is 22.5 Å². The third kappa shape index (κ3) is 4.51. The number of likely N-dealkylation sites (tertiary alicyclic amines) is 1. The van der Waals surface area contributed by atoms with Crippen molar-refractivity contribution < 1.29 is 14.0 Å². The number of carbonyl (C=O) groups excluding carboxylic acids is 2. The number of hydrogen-bond acceptors (Lipinski definition) is 7. The van der Waals surface area contributed by atoms with Crippen molar-refractivity contribution in [1.29, 1.82) is 0 Å². The van der Waals surface area contributed by atoms with Crippen LogP contribution in [0.15, 0.2) is 60.2 Å². The number of amides is 1. The zero-order valence-corrected chi connectivity index (χ0v) is 19.3. The second kappa shape index (κ2) is 9.26. The summed E-state index contributed by atoms with van der Waals surface area (Å²) in [6.07, 6.45) is 3.14. The number of ketones is 1. The van der Waals surface area contributed by atoms with Crippen molar-refractivity contribution in [2.24, 2.45) is 5.92 Å². The van der Waals surface area contributed by atoms with E-state index in [9.17, 15) is 14.0 Å². The van der Waals surface area contributed by atoms with Gasteiger partial charge >= 0.3 is 0 Å². The topological polar surface area (TPSA) is 88.1 Å². The van der Waals surface area contributed by atoms with E-state index in [1.54, 1.807) is 11.1 Å². The van der Waals surface area contributed by atoms with Crippen molar-refractivity contribution in [3.8, 4) is 0 Å². The van der Waals surface area contributed by atoms with Gasteiger partial charge in [0.15, 0.2) is 11.5 Å². The summed E-state index contributed by atoms with van der Waals surface area (Å²) in [5.74, 6) is -0.0823. The molecule has 4 aromatic rings. The van der Waals surface area contributed by atoms with Gasteiger partial charge in [0.1, 0.15) is 5.82 Å². The monoisotopic (exact) mass is 475 g/mol. The van der Waals surface area contributed by atoms with E-state index in [2.05, 4.69) is 20.3 Å². The van der Waals surface area contributed by atoms with Gasteiger partial charge < -0.3 is 10.2 Å². The van der Waals surface area contributed by atoms with Gasteiger partial charge in [0.25, 0.3) is 5.91 Å². The van der Waals surface area contributed by atoms with Gasteiger partial charge in [-0.05, 0) is 30.0 Å². The second-order valence-corrected chi connectivity index (χ2v) is 9.32. The largest absolute Gasteiger partial charge is 0.348 e. The van der Waals surface area contributed by atoms with Crippen LogP contribution >= 0.6 is 11.3 Å². The van der Waals surface area contributed by atoms with E-state index < -0.39 is 5.82 Å². The van der Waals surface area contributed by atoms with Crippen molar-refractivity contribution in [2.45, 2.75) is 19.4 Å². The first-order chi connectivity index (χ1) is 16.5. The quantitative estimate of drug-likeness (QED) is 0.388. The van der Waals surface area contributed by atoms with Gasteiger partial charge in [0.2, 0.25) is 5.95 Å². The van der Waals surface area contributed by atoms with Crippen LogP contribution in [0.5, 0.6) is 0 Å². The molecule has 0 unspecified atom stereocenters. The lowest BCUT2D eigenvalue weighted by molar-refractivity contribution is 0.0466. The van der Waals surface area contributed by atoms with E-state index in [-0.39, 0.29) is 23.7 Å². The predicted molar refractivity (Wildman–Crippen MR) is 128 cm³/mol. The highest BCUT2D eigenvalue weighted by atomic mass is 32.1. The molecule has 9 heteroatoms. The Kier molecular flexibility index (Phi) is 6.02. The van der Waals surface area contributed by atoms with Gasteiger partial charge in [-0.3, -0.25) is 14.6 Å². The molecule has 3 aromatic heterocycles. The molecule has 0 saturated carbocycles. The number of Topliss-reactive ketones (excluding diaryl/α,β-unsaturated/α-hetero) is 1. The molecule has 7 nitrogen and oxygen atoms in total. The minimum Gasteiger partial charge on any atom is -0.348 e. The zero-order valence-electron chi connectivity index (χ0n) is 18.4. The number of pyridine rings is 1. The number of halogens is 1. The minimum absolute atomic E-state index is 0.0905. The summed E-state index contributed by atoms with van der Waals surface area (Å²) in [6.45, 7) is 2.88. The van der Waals surface area contributed by atoms with Crippen LogP contribution in [0.3, 0.4) is 0 Å². The van der Waals surface area contributed by atoms with Gasteiger partial charge in [-0.2, -0.15) is 0 Å². The Morgan fingerprint density at radius 2 is 1.97 bits per heavy atom. The van der Waals surface area contributed by atoms with Gasteiger partial charge in [0, 0.05) is 37.2 Å². The Morgan fingerprint density at radius 3 is 2.74 bits per heavy atom. The summed E-state index contributed by atoms with van der Waals surface area (Å²) in [4.78, 5) is 40.4. The van der Waals surface area contributed by atoms with Gasteiger partial charge in [-0.25, -0.2) is 14.4 Å². The average Bonchev–Trinajstić information content (AvgIpc) is 3.29. The molecule has 1 N–H and O–H groups in total. The summed E-state index contributed by atoms with van der Waals surface area (Å²) in [7, 11) is 0. The number of carbonyl (C=O) groups is 2. The highest BCUT2D eigenvalue weighted by Crippen LogP contribution is 2.29. The van der Waals surface area contributed by atoms with Crippen LogP contribution < -0.4 is 5.32 Å². The molecule has 0 aliphatic carbocycles. The summed E-state index contributed by atoms with van der Waals surface area (Å²) in [6, 6.07) is 12.1. The summed E-state index contributed by atoms with van der Waals surface area (Å²) >= 11 is 1.41. The second-order valence-electron chi connectivity index (χ2n) is 8.40. The molecule has 0 spiro atoms. The summed E-state index contributed by atoms with van der Waals surface area (Å²) in [5.41, 5.74) is 2.35. The lowest BCUT2D eigenvalue weighted by atomic mass is 9.91. The Hall–Kier alpha value is -3.72. The highest BCUT2D eigenvalue weighted by molar-refractivity contribution is 7.17. The third-order valence-electron chi connectivity index (χ3n) is 5.89. The standard InChI is InChI=1S/C25H22FN5O2S/c1-15(18-10-19(26)12-27-11-18)28-25-29-20-7-8-34-23(20)22(30-25)24(33)31-13-16(14-31)9-21(32)17-5-3-2-4-6-17/h2-8,10-12,15-16H,9,13-14H2,1H3,(H,28,29,30)/t15-/m0/s1. The molecule has 0 radical (unpaired) electrons. The minimum atomic E-state index is -0.422. The number of aromatic nitrogens is 3. The molecule has 1 amide bonds. The normalized spacial score (nSPS) is 14.6. The molecule has 1 saturated heterocycles. The Morgan fingerprint density at radius 1 is 1.18 bits per heavy atom. The van der Waals surface area contributed by atoms with E-state index >= 15 is 0 Å². The Balaban J connectivity index is 1.29. The van der Waals surface area contributed by atoms with Crippen molar-refractivity contribution in [3.05, 3.63) is 82.9 Å². The fraction of sp³-hybridized carbons (Fsp3) is 0.240. The predicted octanol–water partition coefficient (Wildman–Crippen LogP) is 4.74. The number of fused-ring (bicyclic) bond motifs is 1. The molecule has 1 aliphatic heterocycles. The van der Waals surface area contributed by atoms with Crippen LogP contribution in [-0.4, -0.2) is 44.6 Å². The molecular formula is C25H22FN5O2S. The van der Waals surface area contributed by atoms with E-state index in [0.29, 0.717) is 47.8 Å². The van der Waals surface area contributed by atoms with Crippen molar-refractivity contribution >= 4 is 39.2 Å². The van der Waals surface area contributed by atoms with Crippen LogP contribution in [0.25, 0.3) is 10.2 Å². The molecule has 4 heterocycles. The SMILES string of the molecule is C[C@H](Nc1nc(C(=O)N2CC(CC(=O)c3ccccc3)C2)c2sccc2n1)c1cncc(F)c1. The lowest BCUT2D eigenvalue weighted by Gasteiger charge is -2.38. The van der Waals surface area contributed by atoms with Crippen LogP contribution in [0.1, 0.15) is 45.8 Å². The molecule has 1 aliphatic rings. The molecule has 34 heavy (non-hydrogen) atoms. The van der Waals surface area contributed by atoms with Crippen molar-refractivity contribution in [3.63, 3.8) is 0 Å². The fourth-order valence-corrected chi connectivity index (χ4v) is 4.85. The maximum absolute atomic E-state index is 13.6. The van der Waals surface area contributed by atoms with Crippen molar-refractivity contribution in [2.75, 3.05) is 18.4 Å². The van der Waals surface area contributed by atoms with Crippen LogP contribution in [0, 0.1) is 11.7 Å². The highest BCUT2D eigenvalue weighted by Gasteiger charge is 2.34. The van der Waals surface area contributed by atoms with E-state index in [0.717, 1.165) is 10.9 Å². The number of hydrogen-bond donors (Lipinski definition) is 1. The van der Waals surface area contributed by atoms with Crippen LogP contribution in [-0.2, 0) is 0 Å². The van der Waals surface area contributed by atoms with E-state index in [1.807, 2.05) is 48.7 Å². The molecule has 5 rings (SSSR count). The number of anilines is 1. The van der Waals surface area contributed by atoms with Gasteiger partial charge in [-0.15, -0.1) is 11.3 Å². The molecular weight excluding hydrogens is 453 g/mol. The first kappa shape index (κ1) is 22.1. The van der Waals surface area contributed by atoms with Gasteiger partial charge in [-0.1, -0.05) is 30.3 Å². The zero-order chi connectivity index (χ0) is 23.7. The Labute approximate surface area is 199 Å². The lowest BCUT2D eigenvalue weighted by Crippen LogP contribution is -2.50. The molecule has 172 valence electrons. The Bertz CT molecular complexity index is 1350. The number of thiophene rings is 1.